The highest BCUT2D eigenvalue weighted by Crippen LogP contribution is 2.28. The number of carboxylic acids is 1. The van der Waals surface area contributed by atoms with Crippen molar-refractivity contribution in [3.05, 3.63) is 69.2 Å². The van der Waals surface area contributed by atoms with Crippen LogP contribution in [-0.4, -0.2) is 26.5 Å². The minimum Gasteiger partial charge on any atom is -0.474 e. The van der Waals surface area contributed by atoms with Crippen molar-refractivity contribution >= 4 is 51.7 Å². The van der Waals surface area contributed by atoms with Crippen LogP contribution in [0.2, 0.25) is 5.02 Å². The molecule has 0 spiro atoms. The number of halogens is 1. The fraction of sp³-hybridized carbons (Fsp3) is 0.100. The largest absolute Gasteiger partial charge is 0.474 e. The highest BCUT2D eigenvalue weighted by Gasteiger charge is 2.21. The van der Waals surface area contributed by atoms with Crippen molar-refractivity contribution in [2.24, 2.45) is 0 Å². The Morgan fingerprint density at radius 3 is 2.79 bits per heavy atom. The summed E-state index contributed by atoms with van der Waals surface area (Å²) in [4.78, 5) is 39.5. The van der Waals surface area contributed by atoms with Crippen molar-refractivity contribution in [3.63, 3.8) is 0 Å². The summed E-state index contributed by atoms with van der Waals surface area (Å²) < 4.78 is 1.62. The van der Waals surface area contributed by atoms with Gasteiger partial charge in [-0.3, -0.25) is 14.2 Å². The standard InChI is InChI=1S/C20H14ClN3O4/c21-13-3-1-2-11(9-13)8-12-6-7-24-17(12)23-16-10-14(22-18(25)20(27)28)4-5-15(16)19(24)26/h1-5,8-10H,6-7H2,(H,22,25)(H,27,28). The number of hydrogen-bond acceptors (Lipinski definition) is 4. The highest BCUT2D eigenvalue weighted by atomic mass is 35.5. The summed E-state index contributed by atoms with van der Waals surface area (Å²) in [6, 6.07) is 11.9. The second-order valence-corrected chi connectivity index (χ2v) is 6.79. The maximum atomic E-state index is 12.8. The predicted octanol–water partition coefficient (Wildman–Crippen LogP) is 3.02. The van der Waals surface area contributed by atoms with Crippen LogP contribution in [0.1, 0.15) is 17.8 Å². The maximum Gasteiger partial charge on any atom is 0.394 e. The molecule has 0 fully saturated rings. The van der Waals surface area contributed by atoms with E-state index in [1.54, 1.807) is 10.6 Å². The zero-order chi connectivity index (χ0) is 19.8. The van der Waals surface area contributed by atoms with Crippen LogP contribution in [0.25, 0.3) is 22.6 Å². The highest BCUT2D eigenvalue weighted by molar-refractivity contribution is 6.36. The molecule has 0 bridgehead atoms. The van der Waals surface area contributed by atoms with Crippen LogP contribution in [0.15, 0.2) is 47.3 Å². The average Bonchev–Trinajstić information content (AvgIpc) is 3.04. The first kappa shape index (κ1) is 17.9. The fourth-order valence-corrected chi connectivity index (χ4v) is 3.41. The number of fused-ring (bicyclic) bond motifs is 2. The molecule has 1 aliphatic heterocycles. The molecule has 2 N–H and O–H groups in total. The topological polar surface area (TPSA) is 101 Å². The molecule has 4 rings (SSSR count). The van der Waals surface area contributed by atoms with Crippen LogP contribution in [0.3, 0.4) is 0 Å². The van der Waals surface area contributed by atoms with E-state index in [1.165, 1.54) is 18.2 Å². The van der Waals surface area contributed by atoms with E-state index in [9.17, 15) is 14.4 Å². The Kier molecular flexibility index (Phi) is 4.44. The number of rotatable bonds is 2. The number of amides is 1. The van der Waals surface area contributed by atoms with Gasteiger partial charge in [0.1, 0.15) is 5.82 Å². The van der Waals surface area contributed by atoms with Gasteiger partial charge in [-0.05, 0) is 54.0 Å². The number of carbonyl (C=O) groups is 2. The molecular weight excluding hydrogens is 382 g/mol. The van der Waals surface area contributed by atoms with Gasteiger partial charge in [0.15, 0.2) is 0 Å². The van der Waals surface area contributed by atoms with Crippen LogP contribution in [-0.2, 0) is 16.1 Å². The molecule has 1 aromatic heterocycles. The number of benzene rings is 2. The molecule has 140 valence electrons. The van der Waals surface area contributed by atoms with E-state index < -0.39 is 11.9 Å². The predicted molar refractivity (Wildman–Crippen MR) is 106 cm³/mol. The molecule has 28 heavy (non-hydrogen) atoms. The molecule has 7 nitrogen and oxygen atoms in total. The lowest BCUT2D eigenvalue weighted by molar-refractivity contribution is -0.147. The molecular formula is C20H14ClN3O4. The molecule has 2 heterocycles. The first-order chi connectivity index (χ1) is 13.4. The second kappa shape index (κ2) is 6.94. The van der Waals surface area contributed by atoms with Crippen LogP contribution in [0.4, 0.5) is 5.69 Å². The molecule has 0 aliphatic carbocycles. The molecule has 0 atom stereocenters. The van der Waals surface area contributed by atoms with Crippen LogP contribution < -0.4 is 10.9 Å². The molecule has 1 amide bonds. The van der Waals surface area contributed by atoms with Gasteiger partial charge in [0.05, 0.1) is 10.9 Å². The maximum absolute atomic E-state index is 12.8. The molecule has 1 aliphatic rings. The van der Waals surface area contributed by atoms with Gasteiger partial charge in [-0.1, -0.05) is 23.7 Å². The Balaban J connectivity index is 1.80. The third kappa shape index (κ3) is 3.27. The Morgan fingerprint density at radius 1 is 1.21 bits per heavy atom. The Hall–Kier alpha value is -3.45. The first-order valence-corrected chi connectivity index (χ1v) is 8.85. The van der Waals surface area contributed by atoms with E-state index in [1.807, 2.05) is 24.3 Å². The molecule has 3 aromatic rings. The number of aliphatic carboxylic acids is 1. The van der Waals surface area contributed by atoms with Crippen molar-refractivity contribution in [2.45, 2.75) is 13.0 Å². The van der Waals surface area contributed by atoms with Gasteiger partial charge in [0.25, 0.3) is 5.56 Å². The molecule has 8 heteroatoms. The summed E-state index contributed by atoms with van der Waals surface area (Å²) in [7, 11) is 0. The molecule has 2 aromatic carbocycles. The number of nitrogens with zero attached hydrogens (tertiary/aromatic N) is 2. The zero-order valence-corrected chi connectivity index (χ0v) is 15.2. The summed E-state index contributed by atoms with van der Waals surface area (Å²) >= 11 is 6.04. The number of aromatic nitrogens is 2. The number of carboxylic acid groups (broad SMARTS) is 1. The van der Waals surface area contributed by atoms with Gasteiger partial charge in [-0.2, -0.15) is 0 Å². The van der Waals surface area contributed by atoms with Crippen LogP contribution in [0.5, 0.6) is 0 Å². The first-order valence-electron chi connectivity index (χ1n) is 8.48. The fourth-order valence-electron chi connectivity index (χ4n) is 3.21. The number of hydrogen-bond donors (Lipinski definition) is 2. The molecule has 0 unspecified atom stereocenters. The second-order valence-electron chi connectivity index (χ2n) is 6.36. The third-order valence-corrected chi connectivity index (χ3v) is 4.72. The van der Waals surface area contributed by atoms with Crippen molar-refractivity contribution < 1.29 is 14.7 Å². The van der Waals surface area contributed by atoms with Crippen LogP contribution >= 0.6 is 11.6 Å². The van der Waals surface area contributed by atoms with Crippen molar-refractivity contribution in [2.75, 3.05) is 5.32 Å². The van der Waals surface area contributed by atoms with Gasteiger partial charge >= 0.3 is 11.9 Å². The normalized spacial score (nSPS) is 14.2. The number of anilines is 1. The summed E-state index contributed by atoms with van der Waals surface area (Å²) in [6.45, 7) is 0.529. The Labute approximate surface area is 163 Å². The summed E-state index contributed by atoms with van der Waals surface area (Å²) in [5.41, 5.74) is 2.29. The van der Waals surface area contributed by atoms with Gasteiger partial charge in [0.2, 0.25) is 0 Å². The number of nitrogens with one attached hydrogen (secondary N) is 1. The lowest BCUT2D eigenvalue weighted by atomic mass is 10.1. The quantitative estimate of drug-likeness (QED) is 0.649. The van der Waals surface area contributed by atoms with E-state index in [0.29, 0.717) is 34.7 Å². The Morgan fingerprint density at radius 2 is 2.04 bits per heavy atom. The van der Waals surface area contributed by atoms with Crippen molar-refractivity contribution in [1.29, 1.82) is 0 Å². The Bertz CT molecular complexity index is 1230. The monoisotopic (exact) mass is 395 g/mol. The molecule has 0 saturated heterocycles. The van der Waals surface area contributed by atoms with Gasteiger partial charge in [0, 0.05) is 17.3 Å². The average molecular weight is 396 g/mol. The van der Waals surface area contributed by atoms with E-state index >= 15 is 0 Å². The molecule has 0 saturated carbocycles. The number of allylic oxidation sites excluding steroid dienone is 1. The minimum atomic E-state index is -1.59. The lowest BCUT2D eigenvalue weighted by Gasteiger charge is -2.08. The van der Waals surface area contributed by atoms with Gasteiger partial charge < -0.3 is 10.4 Å². The zero-order valence-electron chi connectivity index (χ0n) is 14.5. The smallest absolute Gasteiger partial charge is 0.394 e. The minimum absolute atomic E-state index is 0.175. The summed E-state index contributed by atoms with van der Waals surface area (Å²) in [5.74, 6) is -2.19. The summed E-state index contributed by atoms with van der Waals surface area (Å²) in [6.07, 6.45) is 2.60. The number of carbonyl (C=O) groups excluding carboxylic acids is 1. The summed E-state index contributed by atoms with van der Waals surface area (Å²) in [5, 5.41) is 12.0. The lowest BCUT2D eigenvalue weighted by Crippen LogP contribution is -2.23. The van der Waals surface area contributed by atoms with Gasteiger partial charge in [-0.25, -0.2) is 9.78 Å². The molecule has 0 radical (unpaired) electrons. The van der Waals surface area contributed by atoms with Crippen molar-refractivity contribution in [3.8, 4) is 0 Å². The van der Waals surface area contributed by atoms with E-state index in [-0.39, 0.29) is 11.2 Å². The van der Waals surface area contributed by atoms with E-state index in [0.717, 1.165) is 11.1 Å². The SMILES string of the molecule is O=C(O)C(=O)Nc1ccc2c(=O)n3c(nc2c1)C(=Cc1cccc(Cl)c1)CC3. The van der Waals surface area contributed by atoms with E-state index in [2.05, 4.69) is 10.3 Å². The van der Waals surface area contributed by atoms with Crippen molar-refractivity contribution in [1.82, 2.24) is 9.55 Å². The third-order valence-electron chi connectivity index (χ3n) is 4.49. The van der Waals surface area contributed by atoms with Crippen LogP contribution in [0, 0.1) is 0 Å². The van der Waals surface area contributed by atoms with E-state index in [4.69, 9.17) is 16.7 Å². The van der Waals surface area contributed by atoms with Gasteiger partial charge in [-0.15, -0.1) is 0 Å².